The molecule has 0 bridgehead atoms. The number of amides is 1. The highest BCUT2D eigenvalue weighted by Crippen LogP contribution is 2.48. The predicted octanol–water partition coefficient (Wildman–Crippen LogP) is 6.46. The van der Waals surface area contributed by atoms with Crippen LogP contribution in [0.5, 0.6) is 0 Å². The topological polar surface area (TPSA) is 82.5 Å². The molecule has 1 N–H and O–H groups in total. The molecule has 232 valence electrons. The number of H-pyrrole nitrogens is 1. The van der Waals surface area contributed by atoms with Gasteiger partial charge in [0.2, 0.25) is 5.91 Å². The quantitative estimate of drug-likeness (QED) is 0.316. The molecule has 0 saturated carbocycles. The molecule has 3 aliphatic heterocycles. The standard InChI is InChI=1S/C32H43Cl2N7O2/c1-5-27(42)39-12-9-23(10-13-39)41-21(2)28(29-24-18-35-36-26(24)16-25(33)30(29)34)31(37-41)40-14-8-22(17-32(40,3)4)19-38-11-6-7-15-43-20-38/h5,16,18,22-23H,1,6-15,17,19-20H2,2-4H3,(H,35,36)/t22-/m1/s1. The average molecular weight is 629 g/mol. The van der Waals surface area contributed by atoms with Crippen LogP contribution in [0.1, 0.15) is 64.1 Å². The third-order valence-corrected chi connectivity index (χ3v) is 10.4. The minimum Gasteiger partial charge on any atom is -0.366 e. The molecule has 3 aliphatic rings. The number of piperidine rings is 2. The van der Waals surface area contributed by atoms with Crippen LogP contribution in [-0.2, 0) is 9.53 Å². The molecule has 3 saturated heterocycles. The van der Waals surface area contributed by atoms with Gasteiger partial charge in [-0.15, -0.1) is 0 Å². The third-order valence-electron chi connectivity index (χ3n) is 9.66. The number of likely N-dealkylation sites (tertiary alicyclic amines) is 1. The van der Waals surface area contributed by atoms with E-state index in [1.54, 1.807) is 0 Å². The number of anilines is 1. The van der Waals surface area contributed by atoms with Crippen LogP contribution < -0.4 is 4.90 Å². The van der Waals surface area contributed by atoms with Gasteiger partial charge in [0.15, 0.2) is 5.82 Å². The molecule has 0 unspecified atom stereocenters. The Morgan fingerprint density at radius 3 is 2.70 bits per heavy atom. The van der Waals surface area contributed by atoms with Crippen LogP contribution in [0.15, 0.2) is 24.9 Å². The lowest BCUT2D eigenvalue weighted by Gasteiger charge is -2.47. The van der Waals surface area contributed by atoms with Crippen LogP contribution in [-0.4, -0.2) is 87.3 Å². The first kappa shape index (κ1) is 30.4. The first-order valence-electron chi connectivity index (χ1n) is 15.6. The minimum absolute atomic E-state index is 0.0126. The summed E-state index contributed by atoms with van der Waals surface area (Å²) in [6, 6.07) is 2.01. The van der Waals surface area contributed by atoms with E-state index in [9.17, 15) is 4.79 Å². The lowest BCUT2D eigenvalue weighted by atomic mass is 9.82. The Kier molecular flexibility index (Phi) is 8.79. The summed E-state index contributed by atoms with van der Waals surface area (Å²) >= 11 is 13.7. The maximum Gasteiger partial charge on any atom is 0.245 e. The van der Waals surface area contributed by atoms with Gasteiger partial charge >= 0.3 is 0 Å². The second-order valence-electron chi connectivity index (χ2n) is 13.0. The number of fused-ring (bicyclic) bond motifs is 1. The maximum absolute atomic E-state index is 12.3. The van der Waals surface area contributed by atoms with Gasteiger partial charge in [0.05, 0.1) is 34.5 Å². The summed E-state index contributed by atoms with van der Waals surface area (Å²) in [5, 5.41) is 14.7. The van der Waals surface area contributed by atoms with Gasteiger partial charge in [0.25, 0.3) is 0 Å². The fourth-order valence-corrected chi connectivity index (χ4v) is 7.92. The Labute approximate surface area is 264 Å². The van der Waals surface area contributed by atoms with Crippen molar-refractivity contribution in [3.05, 3.63) is 40.7 Å². The van der Waals surface area contributed by atoms with E-state index in [1.165, 1.54) is 12.5 Å². The van der Waals surface area contributed by atoms with E-state index >= 15 is 0 Å². The molecular weight excluding hydrogens is 585 g/mol. The lowest BCUT2D eigenvalue weighted by molar-refractivity contribution is -0.127. The number of carbonyl (C=O) groups is 1. The van der Waals surface area contributed by atoms with Gasteiger partial charge in [-0.1, -0.05) is 29.8 Å². The number of ether oxygens (including phenoxy) is 1. The average Bonchev–Trinajstić information content (AvgIpc) is 3.48. The fourth-order valence-electron chi connectivity index (χ4n) is 7.47. The molecule has 0 spiro atoms. The number of hydrogen-bond acceptors (Lipinski definition) is 6. The monoisotopic (exact) mass is 627 g/mol. The number of aromatic amines is 1. The molecule has 11 heteroatoms. The van der Waals surface area contributed by atoms with Crippen molar-refractivity contribution in [2.24, 2.45) is 5.92 Å². The summed E-state index contributed by atoms with van der Waals surface area (Å²) in [5.41, 5.74) is 3.65. The summed E-state index contributed by atoms with van der Waals surface area (Å²) in [7, 11) is 0. The van der Waals surface area contributed by atoms with Crippen LogP contribution in [0.2, 0.25) is 10.0 Å². The number of aromatic nitrogens is 4. The Hall–Kier alpha value is -2.59. The summed E-state index contributed by atoms with van der Waals surface area (Å²) in [4.78, 5) is 19.1. The van der Waals surface area contributed by atoms with Crippen LogP contribution >= 0.6 is 23.2 Å². The van der Waals surface area contributed by atoms with Gasteiger partial charge < -0.3 is 14.5 Å². The Morgan fingerprint density at radius 2 is 1.95 bits per heavy atom. The zero-order valence-corrected chi connectivity index (χ0v) is 27.1. The Bertz CT molecular complexity index is 1480. The largest absolute Gasteiger partial charge is 0.366 e. The second kappa shape index (κ2) is 12.4. The number of rotatable bonds is 6. The highest BCUT2D eigenvalue weighted by molar-refractivity contribution is 6.45. The molecule has 3 fully saturated rings. The summed E-state index contributed by atoms with van der Waals surface area (Å²) in [5.74, 6) is 1.51. The number of carbonyl (C=O) groups excluding carboxylic acids is 1. The fraction of sp³-hybridized carbons (Fsp3) is 0.594. The van der Waals surface area contributed by atoms with Crippen molar-refractivity contribution in [2.75, 3.05) is 51.0 Å². The maximum atomic E-state index is 12.3. The molecule has 3 aromatic rings. The summed E-state index contributed by atoms with van der Waals surface area (Å²) < 4.78 is 8.03. The normalized spacial score (nSPS) is 22.2. The Balaban J connectivity index is 1.37. The smallest absolute Gasteiger partial charge is 0.245 e. The van der Waals surface area contributed by atoms with Crippen molar-refractivity contribution in [3.63, 3.8) is 0 Å². The molecule has 9 nitrogen and oxygen atoms in total. The van der Waals surface area contributed by atoms with Gasteiger partial charge in [-0.3, -0.25) is 19.5 Å². The first-order valence-corrected chi connectivity index (χ1v) is 16.3. The zero-order chi connectivity index (χ0) is 30.3. The molecule has 5 heterocycles. The van der Waals surface area contributed by atoms with E-state index in [1.807, 2.05) is 17.2 Å². The van der Waals surface area contributed by atoms with Crippen molar-refractivity contribution in [1.82, 2.24) is 29.8 Å². The molecule has 1 amide bonds. The van der Waals surface area contributed by atoms with E-state index in [0.29, 0.717) is 29.1 Å². The highest BCUT2D eigenvalue weighted by Gasteiger charge is 2.40. The molecule has 2 aromatic heterocycles. The van der Waals surface area contributed by atoms with Crippen LogP contribution in [0.3, 0.4) is 0 Å². The van der Waals surface area contributed by atoms with E-state index in [2.05, 4.69) is 52.0 Å². The zero-order valence-electron chi connectivity index (χ0n) is 25.5. The second-order valence-corrected chi connectivity index (χ2v) is 13.8. The number of halogens is 2. The number of benzene rings is 1. The van der Waals surface area contributed by atoms with Gasteiger partial charge in [-0.05, 0) is 77.4 Å². The van der Waals surface area contributed by atoms with Crippen molar-refractivity contribution < 1.29 is 9.53 Å². The van der Waals surface area contributed by atoms with Crippen LogP contribution in [0.4, 0.5) is 5.82 Å². The molecular formula is C32H43Cl2N7O2. The van der Waals surface area contributed by atoms with E-state index in [-0.39, 0.29) is 17.5 Å². The SMILES string of the molecule is C=CC(=O)N1CCC(n2nc(N3CC[C@@H](CN4CCCCOC4)CC3(C)C)c(-c3c(Cl)c(Cl)cc4[nH]ncc34)c2C)CC1. The van der Waals surface area contributed by atoms with Crippen LogP contribution in [0.25, 0.3) is 22.0 Å². The molecule has 43 heavy (non-hydrogen) atoms. The molecule has 1 atom stereocenters. The highest BCUT2D eigenvalue weighted by atomic mass is 35.5. The molecule has 0 aliphatic carbocycles. The van der Waals surface area contributed by atoms with Crippen molar-refractivity contribution in [2.45, 2.75) is 70.9 Å². The van der Waals surface area contributed by atoms with Gasteiger partial charge in [0, 0.05) is 67.1 Å². The predicted molar refractivity (Wildman–Crippen MR) is 173 cm³/mol. The van der Waals surface area contributed by atoms with Crippen molar-refractivity contribution in [3.8, 4) is 11.1 Å². The van der Waals surface area contributed by atoms with Gasteiger partial charge in [0.1, 0.15) is 0 Å². The van der Waals surface area contributed by atoms with E-state index in [0.717, 1.165) is 98.6 Å². The Morgan fingerprint density at radius 1 is 1.16 bits per heavy atom. The minimum atomic E-state index is -0.129. The first-order chi connectivity index (χ1) is 20.7. The van der Waals surface area contributed by atoms with Gasteiger partial charge in [-0.25, -0.2) is 0 Å². The van der Waals surface area contributed by atoms with E-state index in [4.69, 9.17) is 33.0 Å². The lowest BCUT2D eigenvalue weighted by Crippen LogP contribution is -2.52. The molecule has 6 rings (SSSR count). The molecule has 1 aromatic carbocycles. The molecule has 0 radical (unpaired) electrons. The van der Waals surface area contributed by atoms with Gasteiger partial charge in [-0.2, -0.15) is 10.2 Å². The number of nitrogens with zero attached hydrogens (tertiary/aromatic N) is 6. The third kappa shape index (κ3) is 5.93. The van der Waals surface area contributed by atoms with Crippen molar-refractivity contribution >= 4 is 45.8 Å². The summed E-state index contributed by atoms with van der Waals surface area (Å²) in [6.07, 6.45) is 9.37. The summed E-state index contributed by atoms with van der Waals surface area (Å²) in [6.45, 7) is 16.5. The van der Waals surface area contributed by atoms with Crippen LogP contribution in [0, 0.1) is 12.8 Å². The van der Waals surface area contributed by atoms with E-state index < -0.39 is 0 Å². The number of nitrogens with one attached hydrogen (secondary N) is 1. The number of hydrogen-bond donors (Lipinski definition) is 1. The van der Waals surface area contributed by atoms with Crippen molar-refractivity contribution in [1.29, 1.82) is 0 Å².